The molecule has 0 radical (unpaired) electrons. The normalized spacial score (nSPS) is 11.7. The molecule has 110 valence electrons. The lowest BCUT2D eigenvalue weighted by Gasteiger charge is -2.16. The van der Waals surface area contributed by atoms with Crippen LogP contribution in [0.1, 0.15) is 26.2 Å². The van der Waals surface area contributed by atoms with Crippen molar-refractivity contribution in [1.29, 1.82) is 0 Å². The van der Waals surface area contributed by atoms with Gasteiger partial charge < -0.3 is 15.8 Å². The van der Waals surface area contributed by atoms with Crippen LogP contribution in [0.5, 0.6) is 0 Å². The van der Waals surface area contributed by atoms with Crippen LogP contribution in [0, 0.1) is 0 Å². The van der Waals surface area contributed by atoms with Gasteiger partial charge in [-0.05, 0) is 18.6 Å². The van der Waals surface area contributed by atoms with Crippen LogP contribution in [-0.4, -0.2) is 24.0 Å². The van der Waals surface area contributed by atoms with Gasteiger partial charge in [-0.3, -0.25) is 4.79 Å². The van der Waals surface area contributed by atoms with Gasteiger partial charge in [0.2, 0.25) is 5.91 Å². The highest BCUT2D eigenvalue weighted by Gasteiger charge is 2.17. The largest absolute Gasteiger partial charge is 0.450 e. The van der Waals surface area contributed by atoms with E-state index in [-0.39, 0.29) is 6.42 Å². The summed E-state index contributed by atoms with van der Waals surface area (Å²) in [7, 11) is 0. The van der Waals surface area contributed by atoms with Gasteiger partial charge in [0, 0.05) is 4.90 Å². The number of alkyl carbamates (subject to hydrolysis) is 1. The Morgan fingerprint density at radius 1 is 1.35 bits per heavy atom. The minimum atomic E-state index is -0.520. The van der Waals surface area contributed by atoms with Crippen LogP contribution in [0.3, 0.4) is 0 Å². The maximum Gasteiger partial charge on any atom is 0.408 e. The van der Waals surface area contributed by atoms with Gasteiger partial charge in [0.1, 0.15) is 0 Å². The molecule has 0 aliphatic heterocycles. The number of nitrogens with one attached hydrogen (secondary N) is 1. The molecule has 1 atom stereocenters. The molecular weight excluding hydrogens is 276 g/mol. The van der Waals surface area contributed by atoms with Crippen molar-refractivity contribution in [3.8, 4) is 0 Å². The Hall–Kier alpha value is -1.69. The number of carbonyl (C=O) groups is 2. The molecule has 6 heteroatoms. The predicted molar refractivity (Wildman–Crippen MR) is 79.3 cm³/mol. The van der Waals surface area contributed by atoms with E-state index in [0.29, 0.717) is 6.61 Å². The third-order valence-corrected chi connectivity index (χ3v) is 3.53. The monoisotopic (exact) mass is 296 g/mol. The number of amides is 2. The molecule has 0 aliphatic carbocycles. The highest BCUT2D eigenvalue weighted by Crippen LogP contribution is 2.23. The topological polar surface area (TPSA) is 81.4 Å². The number of hydrogen-bond acceptors (Lipinski definition) is 4. The fourth-order valence-corrected chi connectivity index (χ4v) is 2.50. The highest BCUT2D eigenvalue weighted by atomic mass is 32.2. The van der Waals surface area contributed by atoms with E-state index in [1.165, 1.54) is 11.8 Å². The molecule has 1 rings (SSSR count). The Bertz CT molecular complexity index is 426. The Labute approximate surface area is 123 Å². The van der Waals surface area contributed by atoms with E-state index < -0.39 is 17.4 Å². The lowest BCUT2D eigenvalue weighted by Crippen LogP contribution is -2.36. The van der Waals surface area contributed by atoms with Crippen molar-refractivity contribution in [2.75, 3.05) is 6.61 Å². The van der Waals surface area contributed by atoms with Crippen LogP contribution >= 0.6 is 11.8 Å². The van der Waals surface area contributed by atoms with Crippen molar-refractivity contribution in [1.82, 2.24) is 5.32 Å². The lowest BCUT2D eigenvalue weighted by molar-refractivity contribution is -0.118. The van der Waals surface area contributed by atoms with Crippen LogP contribution in [0.4, 0.5) is 4.79 Å². The van der Waals surface area contributed by atoms with Gasteiger partial charge >= 0.3 is 6.09 Å². The standard InChI is InChI=1S/C14H20N2O3S/c1-2-3-9-19-14(18)16-13(10-12(15)17)20-11-7-5-4-6-8-11/h4-8,13H,2-3,9-10H2,1H3,(H2,15,17)(H,16,18). The first kappa shape index (κ1) is 16.4. The zero-order valence-electron chi connectivity index (χ0n) is 11.5. The Kier molecular flexibility index (Phi) is 7.57. The fraction of sp³-hybridized carbons (Fsp3) is 0.429. The molecule has 0 heterocycles. The number of nitrogens with two attached hydrogens (primary N) is 1. The number of thioether (sulfide) groups is 1. The summed E-state index contributed by atoms with van der Waals surface area (Å²) < 4.78 is 5.02. The number of ether oxygens (including phenoxy) is 1. The predicted octanol–water partition coefficient (Wildman–Crippen LogP) is 2.51. The average molecular weight is 296 g/mol. The summed E-state index contributed by atoms with van der Waals surface area (Å²) in [6.07, 6.45) is 1.31. The summed E-state index contributed by atoms with van der Waals surface area (Å²) in [6, 6.07) is 9.50. The molecule has 5 nitrogen and oxygen atoms in total. The molecular formula is C14H20N2O3S. The van der Waals surface area contributed by atoms with Crippen LogP contribution in [0.2, 0.25) is 0 Å². The van der Waals surface area contributed by atoms with Crippen molar-refractivity contribution in [2.45, 2.75) is 36.5 Å². The number of carbonyl (C=O) groups excluding carboxylic acids is 2. The first-order valence-corrected chi connectivity index (χ1v) is 7.43. The molecule has 20 heavy (non-hydrogen) atoms. The first-order chi connectivity index (χ1) is 9.61. The van der Waals surface area contributed by atoms with Crippen molar-refractivity contribution in [3.05, 3.63) is 30.3 Å². The molecule has 0 aromatic heterocycles. The summed E-state index contributed by atoms with van der Waals surface area (Å²) in [4.78, 5) is 23.6. The zero-order valence-corrected chi connectivity index (χ0v) is 12.3. The lowest BCUT2D eigenvalue weighted by atomic mass is 10.4. The Morgan fingerprint density at radius 3 is 2.65 bits per heavy atom. The maximum atomic E-state index is 11.6. The molecule has 1 aromatic rings. The zero-order chi connectivity index (χ0) is 14.8. The second kappa shape index (κ2) is 9.25. The van der Waals surface area contributed by atoms with E-state index in [2.05, 4.69) is 5.32 Å². The number of unbranched alkanes of at least 4 members (excludes halogenated alkanes) is 1. The number of primary amides is 1. The van der Waals surface area contributed by atoms with Crippen LogP contribution < -0.4 is 11.1 Å². The quantitative estimate of drug-likeness (QED) is 0.439. The van der Waals surface area contributed by atoms with Gasteiger partial charge in [-0.25, -0.2) is 4.79 Å². The molecule has 1 unspecified atom stereocenters. The van der Waals surface area contributed by atoms with Crippen LogP contribution in [0.25, 0.3) is 0 Å². The SMILES string of the molecule is CCCCOC(=O)NC(CC(N)=O)Sc1ccccc1. The third-order valence-electron chi connectivity index (χ3n) is 2.42. The molecule has 3 N–H and O–H groups in total. The molecule has 2 amide bonds. The maximum absolute atomic E-state index is 11.6. The van der Waals surface area contributed by atoms with Crippen LogP contribution in [0.15, 0.2) is 35.2 Å². The first-order valence-electron chi connectivity index (χ1n) is 6.55. The van der Waals surface area contributed by atoms with E-state index in [0.717, 1.165) is 17.7 Å². The highest BCUT2D eigenvalue weighted by molar-refractivity contribution is 8.00. The summed E-state index contributed by atoms with van der Waals surface area (Å²) in [5.74, 6) is -0.465. The Morgan fingerprint density at radius 2 is 2.05 bits per heavy atom. The van der Waals surface area contributed by atoms with Gasteiger partial charge in [0.15, 0.2) is 0 Å². The molecule has 1 aromatic carbocycles. The number of rotatable bonds is 8. The smallest absolute Gasteiger partial charge is 0.408 e. The average Bonchev–Trinajstić information content (AvgIpc) is 2.39. The van der Waals surface area contributed by atoms with Gasteiger partial charge in [-0.2, -0.15) is 0 Å². The van der Waals surface area contributed by atoms with Gasteiger partial charge in [0.25, 0.3) is 0 Å². The minimum Gasteiger partial charge on any atom is -0.450 e. The summed E-state index contributed by atoms with van der Waals surface area (Å²) in [5, 5.41) is 2.23. The van der Waals surface area contributed by atoms with E-state index in [9.17, 15) is 9.59 Å². The van der Waals surface area contributed by atoms with E-state index >= 15 is 0 Å². The summed E-state index contributed by atoms with van der Waals surface area (Å²) in [5.41, 5.74) is 5.20. The van der Waals surface area contributed by atoms with Crippen LogP contribution in [-0.2, 0) is 9.53 Å². The van der Waals surface area contributed by atoms with Crippen molar-refractivity contribution < 1.29 is 14.3 Å². The second-order valence-electron chi connectivity index (χ2n) is 4.22. The fourth-order valence-electron chi connectivity index (χ4n) is 1.45. The molecule has 0 fully saturated rings. The molecule has 0 saturated carbocycles. The van der Waals surface area contributed by atoms with E-state index in [1.807, 2.05) is 37.3 Å². The van der Waals surface area contributed by atoms with E-state index in [1.54, 1.807) is 0 Å². The van der Waals surface area contributed by atoms with E-state index in [4.69, 9.17) is 10.5 Å². The van der Waals surface area contributed by atoms with Crippen molar-refractivity contribution in [3.63, 3.8) is 0 Å². The van der Waals surface area contributed by atoms with Crippen molar-refractivity contribution >= 4 is 23.8 Å². The molecule has 0 bridgehead atoms. The van der Waals surface area contributed by atoms with Crippen molar-refractivity contribution in [2.24, 2.45) is 5.73 Å². The molecule has 0 spiro atoms. The Balaban J connectivity index is 2.51. The number of benzene rings is 1. The molecule has 0 aliphatic rings. The number of hydrogen-bond donors (Lipinski definition) is 2. The summed E-state index contributed by atoms with van der Waals surface area (Å²) >= 11 is 1.37. The second-order valence-corrected chi connectivity index (χ2v) is 5.50. The molecule has 0 saturated heterocycles. The van der Waals surface area contributed by atoms with Gasteiger partial charge in [0.05, 0.1) is 18.4 Å². The third kappa shape index (κ3) is 7.04. The van der Waals surface area contributed by atoms with Gasteiger partial charge in [-0.1, -0.05) is 31.5 Å². The minimum absolute atomic E-state index is 0.0580. The summed E-state index contributed by atoms with van der Waals surface area (Å²) in [6.45, 7) is 2.39. The van der Waals surface area contributed by atoms with Gasteiger partial charge in [-0.15, -0.1) is 11.8 Å².